The van der Waals surface area contributed by atoms with Gasteiger partial charge in [0.2, 0.25) is 0 Å². The molecule has 0 spiro atoms. The van der Waals surface area contributed by atoms with Crippen molar-refractivity contribution in [2.45, 2.75) is 19.4 Å². The molecule has 0 bridgehead atoms. The molecule has 94 valence electrons. The number of hydrogen-bond acceptors (Lipinski definition) is 3. The van der Waals surface area contributed by atoms with E-state index in [4.69, 9.17) is 0 Å². The lowest BCUT2D eigenvalue weighted by molar-refractivity contribution is 0.645. The molecule has 0 radical (unpaired) electrons. The molecule has 0 amide bonds. The summed E-state index contributed by atoms with van der Waals surface area (Å²) in [5.41, 5.74) is 1.63. The number of aromatic nitrogens is 1. The number of rotatable bonds is 3. The molecule has 1 aromatic heterocycles. The van der Waals surface area contributed by atoms with Crippen LogP contribution in [-0.4, -0.2) is 17.0 Å². The number of fused-ring (bicyclic) bond motifs is 1. The van der Waals surface area contributed by atoms with Gasteiger partial charge in [0.1, 0.15) is 0 Å². The maximum Gasteiger partial charge on any atom is 0.268 e. The van der Waals surface area contributed by atoms with Crippen LogP contribution < -0.4 is 10.9 Å². The Balaban J connectivity index is 1.80. The average molecular weight is 260 g/mol. The van der Waals surface area contributed by atoms with Crippen LogP contribution >= 0.6 is 11.5 Å². The van der Waals surface area contributed by atoms with Crippen LogP contribution in [0.25, 0.3) is 10.1 Å². The highest BCUT2D eigenvalue weighted by atomic mass is 32.1. The zero-order valence-corrected chi connectivity index (χ0v) is 11.0. The summed E-state index contributed by atoms with van der Waals surface area (Å²) in [5.74, 6) is 0. The zero-order valence-electron chi connectivity index (χ0n) is 10.2. The quantitative estimate of drug-likeness (QED) is 0.860. The van der Waals surface area contributed by atoms with E-state index in [2.05, 4.69) is 11.4 Å². The first-order valence-electron chi connectivity index (χ1n) is 6.32. The minimum Gasteiger partial charge on any atom is -0.313 e. The minimum atomic E-state index is 0.158. The molecule has 0 unspecified atom stereocenters. The molecule has 0 aliphatic carbocycles. The van der Waals surface area contributed by atoms with Crippen molar-refractivity contribution in [3.8, 4) is 0 Å². The van der Waals surface area contributed by atoms with E-state index in [-0.39, 0.29) is 5.56 Å². The van der Waals surface area contributed by atoms with Crippen molar-refractivity contribution in [3.63, 3.8) is 0 Å². The number of aryl methyl sites for hydroxylation is 1. The molecule has 18 heavy (non-hydrogen) atoms. The molecular weight excluding hydrogens is 244 g/mol. The second kappa shape index (κ2) is 5.08. The smallest absolute Gasteiger partial charge is 0.268 e. The van der Waals surface area contributed by atoms with Crippen molar-refractivity contribution in [1.82, 2.24) is 9.27 Å². The maximum absolute atomic E-state index is 12.1. The summed E-state index contributed by atoms with van der Waals surface area (Å²) < 4.78 is 2.97. The lowest BCUT2D eigenvalue weighted by Crippen LogP contribution is -2.21. The second-order valence-corrected chi connectivity index (χ2v) is 5.62. The van der Waals surface area contributed by atoms with Crippen LogP contribution in [0.5, 0.6) is 0 Å². The van der Waals surface area contributed by atoms with E-state index in [9.17, 15) is 4.79 Å². The van der Waals surface area contributed by atoms with Crippen LogP contribution in [0.4, 0.5) is 0 Å². The molecule has 4 heteroatoms. The van der Waals surface area contributed by atoms with E-state index >= 15 is 0 Å². The largest absolute Gasteiger partial charge is 0.313 e. The number of nitrogens with one attached hydrogen (secondary N) is 1. The molecular formula is C14H16N2OS. The fourth-order valence-electron chi connectivity index (χ4n) is 2.31. The molecule has 1 N–H and O–H groups in total. The number of nitrogens with zero attached hydrogens (tertiary/aromatic N) is 1. The Bertz CT molecular complexity index is 639. The van der Waals surface area contributed by atoms with Crippen molar-refractivity contribution in [1.29, 1.82) is 0 Å². The van der Waals surface area contributed by atoms with Crippen molar-refractivity contribution in [3.05, 3.63) is 46.3 Å². The van der Waals surface area contributed by atoms with Crippen LogP contribution in [0.1, 0.15) is 12.8 Å². The van der Waals surface area contributed by atoms with Gasteiger partial charge >= 0.3 is 0 Å². The molecule has 1 aliphatic heterocycles. The van der Waals surface area contributed by atoms with Gasteiger partial charge < -0.3 is 5.32 Å². The number of hydrogen-bond donors (Lipinski definition) is 1. The first-order valence-corrected chi connectivity index (χ1v) is 7.09. The van der Waals surface area contributed by atoms with Gasteiger partial charge in [-0.25, -0.2) is 0 Å². The molecule has 3 rings (SSSR count). The van der Waals surface area contributed by atoms with E-state index in [1.54, 1.807) is 11.5 Å². The summed E-state index contributed by atoms with van der Waals surface area (Å²) in [4.78, 5) is 12.1. The SMILES string of the molecule is O=c1c2ccccc2sn1CCC1=CCNCC1. The summed E-state index contributed by atoms with van der Waals surface area (Å²) in [5, 5.41) is 4.15. The fourth-order valence-corrected chi connectivity index (χ4v) is 3.30. The average Bonchev–Trinajstić information content (AvgIpc) is 2.75. The Hall–Kier alpha value is -1.39. The highest BCUT2D eigenvalue weighted by Gasteiger charge is 2.08. The molecule has 1 aliphatic rings. The van der Waals surface area contributed by atoms with Gasteiger partial charge in [-0.3, -0.25) is 8.75 Å². The topological polar surface area (TPSA) is 34.0 Å². The first-order chi connectivity index (χ1) is 8.84. The monoisotopic (exact) mass is 260 g/mol. The molecule has 2 heterocycles. The third-order valence-corrected chi connectivity index (χ3v) is 4.47. The normalized spacial score (nSPS) is 15.9. The van der Waals surface area contributed by atoms with Crippen molar-refractivity contribution in [2.24, 2.45) is 0 Å². The Morgan fingerprint density at radius 2 is 2.22 bits per heavy atom. The van der Waals surface area contributed by atoms with Gasteiger partial charge in [0.05, 0.1) is 10.1 Å². The van der Waals surface area contributed by atoms with E-state index in [0.717, 1.165) is 42.6 Å². The van der Waals surface area contributed by atoms with Crippen LogP contribution in [0.3, 0.4) is 0 Å². The van der Waals surface area contributed by atoms with Crippen molar-refractivity contribution < 1.29 is 0 Å². The second-order valence-electron chi connectivity index (χ2n) is 4.56. The molecule has 0 atom stereocenters. The molecule has 2 aromatic rings. The Kier molecular flexibility index (Phi) is 3.30. The highest BCUT2D eigenvalue weighted by molar-refractivity contribution is 7.13. The van der Waals surface area contributed by atoms with Crippen LogP contribution in [-0.2, 0) is 6.54 Å². The predicted molar refractivity (Wildman–Crippen MR) is 76.3 cm³/mol. The van der Waals surface area contributed by atoms with Gasteiger partial charge in [0.25, 0.3) is 5.56 Å². The van der Waals surface area contributed by atoms with Crippen LogP contribution in [0.15, 0.2) is 40.7 Å². The Morgan fingerprint density at radius 1 is 1.33 bits per heavy atom. The van der Waals surface area contributed by atoms with Gasteiger partial charge in [-0.2, -0.15) is 0 Å². The summed E-state index contributed by atoms with van der Waals surface area (Å²) in [6, 6.07) is 7.84. The molecule has 0 saturated heterocycles. The molecule has 0 saturated carbocycles. The third-order valence-electron chi connectivity index (χ3n) is 3.35. The summed E-state index contributed by atoms with van der Waals surface area (Å²) in [6.07, 6.45) is 4.36. The molecule has 3 nitrogen and oxygen atoms in total. The first kappa shape index (κ1) is 11.7. The summed E-state index contributed by atoms with van der Waals surface area (Å²) >= 11 is 1.57. The fraction of sp³-hybridized carbons (Fsp3) is 0.357. The van der Waals surface area contributed by atoms with Crippen molar-refractivity contribution in [2.75, 3.05) is 13.1 Å². The van der Waals surface area contributed by atoms with E-state index in [1.807, 2.05) is 28.2 Å². The van der Waals surface area contributed by atoms with Gasteiger partial charge in [-0.05, 0) is 31.5 Å². The lowest BCUT2D eigenvalue weighted by Gasteiger charge is -2.13. The van der Waals surface area contributed by atoms with Crippen LogP contribution in [0, 0.1) is 0 Å². The van der Waals surface area contributed by atoms with Crippen LogP contribution in [0.2, 0.25) is 0 Å². The van der Waals surface area contributed by atoms with Gasteiger partial charge in [-0.15, -0.1) is 0 Å². The van der Waals surface area contributed by atoms with Gasteiger partial charge in [-0.1, -0.05) is 35.3 Å². The zero-order chi connectivity index (χ0) is 12.4. The maximum atomic E-state index is 12.1. The molecule has 0 fully saturated rings. The summed E-state index contributed by atoms with van der Waals surface area (Å²) in [7, 11) is 0. The van der Waals surface area contributed by atoms with Crippen molar-refractivity contribution >= 4 is 21.6 Å². The van der Waals surface area contributed by atoms with E-state index in [0.29, 0.717) is 0 Å². The summed E-state index contributed by atoms with van der Waals surface area (Å²) in [6.45, 7) is 2.84. The number of benzene rings is 1. The third kappa shape index (κ3) is 2.26. The minimum absolute atomic E-state index is 0.158. The predicted octanol–water partition coefficient (Wildman–Crippen LogP) is 2.37. The highest BCUT2D eigenvalue weighted by Crippen LogP contribution is 2.17. The van der Waals surface area contributed by atoms with Gasteiger partial charge in [0.15, 0.2) is 0 Å². The lowest BCUT2D eigenvalue weighted by atomic mass is 10.1. The van der Waals surface area contributed by atoms with Gasteiger partial charge in [0, 0.05) is 13.1 Å². The van der Waals surface area contributed by atoms with E-state index in [1.165, 1.54) is 5.57 Å². The Labute approximate surface area is 110 Å². The standard InChI is InChI=1S/C14H16N2OS/c17-14-12-3-1-2-4-13(12)18-16(14)10-7-11-5-8-15-9-6-11/h1-5,15H,6-10H2. The molecule has 1 aromatic carbocycles. The van der Waals surface area contributed by atoms with E-state index < -0.39 is 0 Å². The Morgan fingerprint density at radius 3 is 3.00 bits per heavy atom.